The fourth-order valence-corrected chi connectivity index (χ4v) is 5.74. The Morgan fingerprint density at radius 1 is 1.05 bits per heavy atom. The van der Waals surface area contributed by atoms with Crippen LogP contribution in [0.1, 0.15) is 41.5 Å². The summed E-state index contributed by atoms with van der Waals surface area (Å²) in [5.41, 5.74) is -3.02. The molecule has 39 heavy (non-hydrogen) atoms. The number of carbonyl (C=O) groups excluding carboxylic acids is 1. The molecule has 1 atom stereocenters. The van der Waals surface area contributed by atoms with Gasteiger partial charge in [-0.05, 0) is 56.2 Å². The van der Waals surface area contributed by atoms with Crippen LogP contribution in [0.15, 0.2) is 77.7 Å². The van der Waals surface area contributed by atoms with Crippen molar-refractivity contribution in [3.8, 4) is 0 Å². The number of hydrogen-bond acceptors (Lipinski definition) is 5. The highest BCUT2D eigenvalue weighted by Gasteiger charge is 2.59. The van der Waals surface area contributed by atoms with Gasteiger partial charge < -0.3 is 15.0 Å². The Balaban J connectivity index is 1.50. The molecule has 1 aromatic heterocycles. The number of imidazole rings is 1. The van der Waals surface area contributed by atoms with Gasteiger partial charge in [0.1, 0.15) is 0 Å². The lowest BCUT2D eigenvalue weighted by atomic mass is 9.92. The Morgan fingerprint density at radius 3 is 2.41 bits per heavy atom. The molecule has 0 spiro atoms. The Kier molecular flexibility index (Phi) is 6.73. The van der Waals surface area contributed by atoms with E-state index >= 15 is 0 Å². The molecule has 1 amide bonds. The van der Waals surface area contributed by atoms with E-state index in [4.69, 9.17) is 0 Å². The summed E-state index contributed by atoms with van der Waals surface area (Å²) in [5, 5.41) is 13.7. The number of amides is 1. The van der Waals surface area contributed by atoms with Gasteiger partial charge in [-0.25, -0.2) is 18.1 Å². The van der Waals surface area contributed by atoms with E-state index in [9.17, 15) is 31.5 Å². The summed E-state index contributed by atoms with van der Waals surface area (Å²) in [6.07, 6.45) is -3.53. The molecule has 1 unspecified atom stereocenters. The number of nitrogens with one attached hydrogen (secondary N) is 2. The fourth-order valence-electron chi connectivity index (χ4n) is 4.39. The van der Waals surface area contributed by atoms with Crippen molar-refractivity contribution in [2.75, 3.05) is 5.32 Å². The first kappa shape index (κ1) is 26.9. The van der Waals surface area contributed by atoms with Gasteiger partial charge in [0.25, 0.3) is 5.91 Å². The van der Waals surface area contributed by atoms with Crippen LogP contribution in [0.25, 0.3) is 11.0 Å². The number of benzene rings is 3. The lowest BCUT2D eigenvalue weighted by Crippen LogP contribution is -2.45. The number of carbonyl (C=O) groups is 1. The van der Waals surface area contributed by atoms with E-state index in [0.717, 1.165) is 12.8 Å². The highest BCUT2D eigenvalue weighted by molar-refractivity contribution is 7.89. The Labute approximate surface area is 222 Å². The van der Waals surface area contributed by atoms with Crippen LogP contribution < -0.4 is 10.0 Å². The van der Waals surface area contributed by atoms with Crippen molar-refractivity contribution < 1.29 is 31.5 Å². The molecule has 8 nitrogen and oxygen atoms in total. The minimum absolute atomic E-state index is 0.00343. The Hall–Kier alpha value is -3.74. The second kappa shape index (κ2) is 9.78. The quantitative estimate of drug-likeness (QED) is 0.294. The molecule has 1 aliphatic rings. The molecule has 0 aliphatic heterocycles. The van der Waals surface area contributed by atoms with Gasteiger partial charge in [-0.3, -0.25) is 4.79 Å². The molecule has 1 fully saturated rings. The molecule has 1 saturated carbocycles. The third-order valence-corrected chi connectivity index (χ3v) is 8.07. The molecule has 4 aromatic rings. The van der Waals surface area contributed by atoms with Crippen molar-refractivity contribution in [3.05, 3.63) is 89.7 Å². The van der Waals surface area contributed by atoms with Gasteiger partial charge in [-0.1, -0.05) is 36.4 Å². The third-order valence-electron chi connectivity index (χ3n) is 6.55. The van der Waals surface area contributed by atoms with Crippen molar-refractivity contribution in [2.24, 2.45) is 0 Å². The zero-order valence-electron chi connectivity index (χ0n) is 20.7. The van der Waals surface area contributed by atoms with E-state index < -0.39 is 33.5 Å². The molecule has 1 heterocycles. The SMILES string of the molecule is CCn1c(C(O)(c2ccccc2)C(F)(F)F)nc2ccc(C(=O)Nc3cccc(S(=O)(=O)NC4CC4)c3)cc21. The van der Waals surface area contributed by atoms with Gasteiger partial charge in [0.2, 0.25) is 15.6 Å². The maximum atomic E-state index is 14.3. The second-order valence-electron chi connectivity index (χ2n) is 9.33. The van der Waals surface area contributed by atoms with Crippen LogP contribution >= 0.6 is 0 Å². The van der Waals surface area contributed by atoms with E-state index in [0.29, 0.717) is 0 Å². The van der Waals surface area contributed by atoms with E-state index in [1.807, 2.05) is 0 Å². The number of halogens is 3. The van der Waals surface area contributed by atoms with Crippen molar-refractivity contribution in [3.63, 3.8) is 0 Å². The number of anilines is 1. The molecule has 12 heteroatoms. The fraction of sp³-hybridized carbons (Fsp3) is 0.259. The van der Waals surface area contributed by atoms with Gasteiger partial charge in [0.15, 0.2) is 5.82 Å². The van der Waals surface area contributed by atoms with Gasteiger partial charge in [0.05, 0.1) is 15.9 Å². The monoisotopic (exact) mass is 558 g/mol. The van der Waals surface area contributed by atoms with Crippen LogP contribution in [0.5, 0.6) is 0 Å². The molecule has 0 bridgehead atoms. The summed E-state index contributed by atoms with van der Waals surface area (Å²) >= 11 is 0. The average Bonchev–Trinajstić information content (AvgIpc) is 3.63. The summed E-state index contributed by atoms with van der Waals surface area (Å²) in [6, 6.07) is 16.6. The maximum Gasteiger partial charge on any atom is 0.428 e. The minimum atomic E-state index is -5.08. The van der Waals surface area contributed by atoms with Crippen molar-refractivity contribution in [1.82, 2.24) is 14.3 Å². The Bertz CT molecular complexity index is 1650. The second-order valence-corrected chi connectivity index (χ2v) is 11.0. The highest BCUT2D eigenvalue weighted by atomic mass is 32.2. The number of hydrogen-bond donors (Lipinski definition) is 3. The summed E-state index contributed by atoms with van der Waals surface area (Å²) < 4.78 is 71.9. The molecular weight excluding hydrogens is 533 g/mol. The zero-order valence-corrected chi connectivity index (χ0v) is 21.6. The van der Waals surface area contributed by atoms with Gasteiger partial charge >= 0.3 is 6.18 Å². The molecule has 0 saturated heterocycles. The van der Waals surface area contributed by atoms with Crippen LogP contribution in [0.3, 0.4) is 0 Å². The number of fused-ring (bicyclic) bond motifs is 1. The summed E-state index contributed by atoms with van der Waals surface area (Å²) in [6.45, 7) is 1.65. The third kappa shape index (κ3) is 5.02. The summed E-state index contributed by atoms with van der Waals surface area (Å²) in [4.78, 5) is 17.2. The number of aryl methyl sites for hydroxylation is 1. The minimum Gasteiger partial charge on any atom is -0.370 e. The lowest BCUT2D eigenvalue weighted by Gasteiger charge is -2.30. The molecule has 0 radical (unpaired) electrons. The van der Waals surface area contributed by atoms with Crippen molar-refractivity contribution in [1.29, 1.82) is 0 Å². The summed E-state index contributed by atoms with van der Waals surface area (Å²) in [7, 11) is -3.73. The highest BCUT2D eigenvalue weighted by Crippen LogP contribution is 2.44. The first-order chi connectivity index (χ1) is 18.4. The zero-order chi connectivity index (χ0) is 28.0. The standard InChI is InChI=1S/C27H25F3N4O4S/c1-2-34-23-15-17(24(35)31-20-9-6-10-21(16-20)39(37,38)33-19-12-13-19)11-14-22(23)32-25(34)26(36,27(28,29)30)18-7-4-3-5-8-18/h3-11,14-16,19,33,36H,2,12-13H2,1H3,(H,31,35). The van der Waals surface area contributed by atoms with Crippen LogP contribution in [-0.2, 0) is 22.2 Å². The molecular formula is C27H25F3N4O4S. The normalized spacial score (nSPS) is 15.7. The van der Waals surface area contributed by atoms with Crippen LogP contribution in [0, 0.1) is 0 Å². The first-order valence-corrected chi connectivity index (χ1v) is 13.7. The predicted octanol–water partition coefficient (Wildman–Crippen LogP) is 4.55. The molecule has 1 aliphatic carbocycles. The van der Waals surface area contributed by atoms with E-state index in [1.54, 1.807) is 13.0 Å². The number of aromatic nitrogens is 2. The smallest absolute Gasteiger partial charge is 0.370 e. The van der Waals surface area contributed by atoms with Gasteiger partial charge in [0, 0.05) is 29.4 Å². The predicted molar refractivity (Wildman–Crippen MR) is 139 cm³/mol. The van der Waals surface area contributed by atoms with E-state index in [-0.39, 0.29) is 45.3 Å². The van der Waals surface area contributed by atoms with Crippen LogP contribution in [-0.4, -0.2) is 41.2 Å². The number of alkyl halides is 3. The van der Waals surface area contributed by atoms with Crippen LogP contribution in [0.4, 0.5) is 18.9 Å². The average molecular weight is 559 g/mol. The van der Waals surface area contributed by atoms with E-state index in [1.165, 1.54) is 71.3 Å². The topological polar surface area (TPSA) is 113 Å². The first-order valence-electron chi connectivity index (χ1n) is 12.2. The van der Waals surface area contributed by atoms with Gasteiger partial charge in [-0.15, -0.1) is 0 Å². The van der Waals surface area contributed by atoms with Crippen LogP contribution in [0.2, 0.25) is 0 Å². The number of nitrogens with zero attached hydrogens (tertiary/aromatic N) is 2. The number of rotatable bonds is 8. The molecule has 204 valence electrons. The maximum absolute atomic E-state index is 14.3. The lowest BCUT2D eigenvalue weighted by molar-refractivity contribution is -0.252. The van der Waals surface area contributed by atoms with E-state index in [2.05, 4.69) is 15.0 Å². The number of sulfonamides is 1. The Morgan fingerprint density at radius 2 is 1.77 bits per heavy atom. The largest absolute Gasteiger partial charge is 0.428 e. The van der Waals surface area contributed by atoms with Crippen molar-refractivity contribution in [2.45, 2.75) is 49.0 Å². The number of aliphatic hydroxyl groups is 1. The molecule has 5 rings (SSSR count). The molecule has 3 aromatic carbocycles. The summed E-state index contributed by atoms with van der Waals surface area (Å²) in [5.74, 6) is -1.21. The van der Waals surface area contributed by atoms with Crippen molar-refractivity contribution >= 4 is 32.7 Å². The van der Waals surface area contributed by atoms with Gasteiger partial charge in [-0.2, -0.15) is 13.2 Å². The molecule has 3 N–H and O–H groups in total.